The summed E-state index contributed by atoms with van der Waals surface area (Å²) in [7, 11) is 0. The van der Waals surface area contributed by atoms with Gasteiger partial charge in [0.15, 0.2) is 0 Å². The Morgan fingerprint density at radius 1 is 0.262 bits per heavy atom. The van der Waals surface area contributed by atoms with Crippen LogP contribution in [0.1, 0.15) is 0 Å². The Kier molecular flexibility index (Phi) is 9.09. The van der Waals surface area contributed by atoms with E-state index >= 15 is 0 Å². The first-order valence-corrected chi connectivity index (χ1v) is 24.3. The zero-order valence-electron chi connectivity index (χ0n) is 35.0. The lowest BCUT2D eigenvalue weighted by molar-refractivity contribution is 1.18. The molecule has 306 valence electrons. The van der Waals surface area contributed by atoms with Crippen molar-refractivity contribution in [2.45, 2.75) is 0 Å². The third kappa shape index (κ3) is 6.41. The van der Waals surface area contributed by atoms with Crippen molar-refractivity contribution in [3.05, 3.63) is 229 Å². The SMILES string of the molecule is Brc1ccc2sc3ccccc3c2c1.c1ccc(-c2ccc(-n3c4ccccc4c4ccc(-c5ccc6c(c5)c5ccccc5n6-c5ccc6sc7ccccc7c6c5)cc43)cc2)cc1. The predicted molar refractivity (Wildman–Crippen MR) is 286 cm³/mol. The van der Waals surface area contributed by atoms with Gasteiger partial charge in [-0.25, -0.2) is 0 Å². The van der Waals surface area contributed by atoms with Crippen LogP contribution < -0.4 is 0 Å². The van der Waals surface area contributed by atoms with Gasteiger partial charge in [-0.2, -0.15) is 0 Å². The minimum Gasteiger partial charge on any atom is -0.309 e. The highest BCUT2D eigenvalue weighted by Crippen LogP contribution is 2.41. The van der Waals surface area contributed by atoms with Crippen LogP contribution in [0.4, 0.5) is 0 Å². The minimum atomic E-state index is 1.15. The van der Waals surface area contributed by atoms with Gasteiger partial charge in [-0.15, -0.1) is 22.7 Å². The van der Waals surface area contributed by atoms with E-state index in [0.29, 0.717) is 0 Å². The lowest BCUT2D eigenvalue weighted by Crippen LogP contribution is -1.94. The van der Waals surface area contributed by atoms with Gasteiger partial charge >= 0.3 is 0 Å². The van der Waals surface area contributed by atoms with Gasteiger partial charge in [0.2, 0.25) is 0 Å². The Morgan fingerprint density at radius 3 is 1.43 bits per heavy atom. The largest absolute Gasteiger partial charge is 0.309 e. The molecule has 5 heteroatoms. The van der Waals surface area contributed by atoms with Crippen LogP contribution in [0.5, 0.6) is 0 Å². The number of nitrogens with zero attached hydrogens (tertiary/aromatic N) is 2. The highest BCUT2D eigenvalue weighted by atomic mass is 79.9. The van der Waals surface area contributed by atoms with Crippen LogP contribution in [-0.4, -0.2) is 9.13 Å². The molecule has 0 saturated heterocycles. The number of benzene rings is 10. The van der Waals surface area contributed by atoms with E-state index in [-0.39, 0.29) is 0 Å². The molecule has 0 spiro atoms. The number of hydrogen-bond donors (Lipinski definition) is 0. The van der Waals surface area contributed by atoms with E-state index < -0.39 is 0 Å². The summed E-state index contributed by atoms with van der Waals surface area (Å²) < 4.78 is 11.4. The van der Waals surface area contributed by atoms with Crippen molar-refractivity contribution in [2.24, 2.45) is 0 Å². The highest BCUT2D eigenvalue weighted by molar-refractivity contribution is 9.10. The molecule has 0 aliphatic carbocycles. The fraction of sp³-hybridized carbons (Fsp3) is 0. The lowest BCUT2D eigenvalue weighted by atomic mass is 10.0. The molecule has 0 radical (unpaired) electrons. The second kappa shape index (κ2) is 15.5. The summed E-state index contributed by atoms with van der Waals surface area (Å²) in [4.78, 5) is 0. The third-order valence-electron chi connectivity index (χ3n) is 12.9. The van der Waals surface area contributed by atoms with Crippen molar-refractivity contribution < 1.29 is 0 Å². The fourth-order valence-electron chi connectivity index (χ4n) is 9.84. The maximum absolute atomic E-state index is 3.51. The van der Waals surface area contributed by atoms with Gasteiger partial charge in [0, 0.05) is 77.7 Å². The summed E-state index contributed by atoms with van der Waals surface area (Å²) >= 11 is 7.22. The first-order chi connectivity index (χ1) is 32.1. The van der Waals surface area contributed by atoms with Gasteiger partial charge in [-0.05, 0) is 113 Å². The van der Waals surface area contributed by atoms with Crippen LogP contribution in [0, 0.1) is 0 Å². The third-order valence-corrected chi connectivity index (χ3v) is 15.7. The molecule has 0 atom stereocenters. The maximum atomic E-state index is 3.51. The molecule has 0 aliphatic heterocycles. The first-order valence-electron chi connectivity index (χ1n) is 21.8. The number of hydrogen-bond acceptors (Lipinski definition) is 2. The summed E-state index contributed by atoms with van der Waals surface area (Å²) in [6.45, 7) is 0. The smallest absolute Gasteiger partial charge is 0.0547 e. The molecule has 0 aliphatic rings. The molecule has 0 bridgehead atoms. The Labute approximate surface area is 391 Å². The van der Waals surface area contributed by atoms with Gasteiger partial charge < -0.3 is 9.13 Å². The molecule has 4 aromatic heterocycles. The number of fused-ring (bicyclic) bond motifs is 12. The fourth-order valence-corrected chi connectivity index (χ4v) is 12.4. The maximum Gasteiger partial charge on any atom is 0.0547 e. The van der Waals surface area contributed by atoms with Crippen LogP contribution in [-0.2, 0) is 0 Å². The standard InChI is InChI=1S/C48H30N2S.C12H7BrS/c1-2-10-31(11-3-1)32-18-22-35(23-19-32)49-43-15-7-4-12-37(43)39-25-20-34(29-46(39)49)33-21-26-45-41(28-33)38-13-5-8-16-44(38)50(45)36-24-27-48-42(30-36)40-14-6-9-17-47(40)51-48;13-8-5-6-12-10(7-8)9-3-1-2-4-11(9)14-12/h1-30H;1-7H. The van der Waals surface area contributed by atoms with Crippen LogP contribution in [0.25, 0.3) is 118 Å². The van der Waals surface area contributed by atoms with Gasteiger partial charge in [-0.3, -0.25) is 0 Å². The zero-order chi connectivity index (χ0) is 43.0. The van der Waals surface area contributed by atoms with Crippen LogP contribution in [0.15, 0.2) is 229 Å². The molecular weight excluding hydrogens is 893 g/mol. The first kappa shape index (κ1) is 38.2. The highest BCUT2D eigenvalue weighted by Gasteiger charge is 2.17. The summed E-state index contributed by atoms with van der Waals surface area (Å²) in [6.07, 6.45) is 0. The topological polar surface area (TPSA) is 9.86 Å². The van der Waals surface area contributed by atoms with E-state index in [2.05, 4.69) is 250 Å². The summed E-state index contributed by atoms with van der Waals surface area (Å²) in [6, 6.07) is 81.7. The Balaban J connectivity index is 0.000000257. The quantitative estimate of drug-likeness (QED) is 0.166. The number of para-hydroxylation sites is 2. The molecule has 2 nitrogen and oxygen atoms in total. The van der Waals surface area contributed by atoms with Crippen LogP contribution >= 0.6 is 38.6 Å². The molecular formula is C60H37BrN2S2. The summed E-state index contributed by atoms with van der Waals surface area (Å²) in [5, 5.41) is 10.4. The Morgan fingerprint density at radius 2 is 0.723 bits per heavy atom. The van der Waals surface area contributed by atoms with E-state index in [0.717, 1.165) is 10.2 Å². The summed E-state index contributed by atoms with van der Waals surface area (Å²) in [5.74, 6) is 0. The normalized spacial score (nSPS) is 11.8. The lowest BCUT2D eigenvalue weighted by Gasteiger charge is -2.11. The van der Waals surface area contributed by atoms with Gasteiger partial charge in [0.1, 0.15) is 0 Å². The number of aromatic nitrogens is 2. The predicted octanol–water partition coefficient (Wildman–Crippen LogP) is 18.4. The van der Waals surface area contributed by atoms with Crippen LogP contribution in [0.3, 0.4) is 0 Å². The van der Waals surface area contributed by atoms with Crippen molar-refractivity contribution in [1.29, 1.82) is 0 Å². The van der Waals surface area contributed by atoms with Gasteiger partial charge in [-0.1, -0.05) is 149 Å². The monoisotopic (exact) mass is 928 g/mol. The molecule has 0 amide bonds. The average Bonchev–Trinajstić information content (AvgIpc) is 4.11. The molecule has 14 aromatic rings. The summed E-state index contributed by atoms with van der Waals surface area (Å²) in [5.41, 5.74) is 12.1. The van der Waals surface area contributed by atoms with Crippen molar-refractivity contribution >= 4 is 123 Å². The molecule has 0 fully saturated rings. The number of thiophene rings is 2. The number of rotatable bonds is 4. The molecule has 0 saturated carbocycles. The van der Waals surface area contributed by atoms with Crippen molar-refractivity contribution in [2.75, 3.05) is 0 Å². The van der Waals surface area contributed by atoms with Crippen molar-refractivity contribution in [3.63, 3.8) is 0 Å². The van der Waals surface area contributed by atoms with E-state index in [4.69, 9.17) is 0 Å². The molecule has 14 rings (SSSR count). The molecule has 0 unspecified atom stereocenters. The Bertz CT molecular complexity index is 4130. The van der Waals surface area contributed by atoms with Gasteiger partial charge in [0.25, 0.3) is 0 Å². The van der Waals surface area contributed by atoms with Gasteiger partial charge in [0.05, 0.1) is 22.1 Å². The van der Waals surface area contributed by atoms with Crippen LogP contribution in [0.2, 0.25) is 0 Å². The van der Waals surface area contributed by atoms with Crippen molar-refractivity contribution in [1.82, 2.24) is 9.13 Å². The van der Waals surface area contributed by atoms with Crippen molar-refractivity contribution in [3.8, 4) is 33.6 Å². The second-order valence-corrected chi connectivity index (χ2v) is 19.7. The second-order valence-electron chi connectivity index (χ2n) is 16.6. The van der Waals surface area contributed by atoms with E-state index in [1.165, 1.54) is 112 Å². The molecule has 10 aromatic carbocycles. The zero-order valence-corrected chi connectivity index (χ0v) is 38.2. The molecule has 65 heavy (non-hydrogen) atoms. The molecule has 4 heterocycles. The molecule has 0 N–H and O–H groups in total. The van der Waals surface area contributed by atoms with E-state index in [9.17, 15) is 0 Å². The average molecular weight is 930 g/mol. The minimum absolute atomic E-state index is 1.15. The van der Waals surface area contributed by atoms with E-state index in [1.807, 2.05) is 22.7 Å². The number of halogens is 1. The Hall–Kier alpha value is -7.28. The van der Waals surface area contributed by atoms with E-state index in [1.54, 1.807) is 0 Å².